The highest BCUT2D eigenvalue weighted by Gasteiger charge is 2.54. The van der Waals surface area contributed by atoms with Gasteiger partial charge in [-0.1, -0.05) is 12.1 Å². The van der Waals surface area contributed by atoms with Gasteiger partial charge in [0.2, 0.25) is 0 Å². The molecule has 1 aromatic rings. The maximum absolute atomic E-state index is 13.1. The fourth-order valence-electron chi connectivity index (χ4n) is 3.22. The van der Waals surface area contributed by atoms with Gasteiger partial charge < -0.3 is 10.4 Å². The summed E-state index contributed by atoms with van der Waals surface area (Å²) in [7, 11) is 0. The van der Waals surface area contributed by atoms with Crippen LogP contribution in [-0.4, -0.2) is 16.7 Å². The molecule has 2 bridgehead atoms. The molecule has 94 valence electrons. The molecule has 0 unspecified atom stereocenters. The molecule has 17 heavy (non-hydrogen) atoms. The Hall–Kier alpha value is -0.640. The van der Waals surface area contributed by atoms with Crippen LogP contribution in [0.2, 0.25) is 0 Å². The highest BCUT2D eigenvalue weighted by atomic mass is 35.5. The normalized spacial score (nSPS) is 35.9. The van der Waals surface area contributed by atoms with Gasteiger partial charge in [-0.15, -0.1) is 12.4 Å². The number of rotatable bonds is 2. The molecular formula is C13H17ClFNO. The Morgan fingerprint density at radius 3 is 2.71 bits per heavy atom. The molecule has 0 amide bonds. The number of nitrogens with one attached hydrogen (secondary N) is 1. The first-order chi connectivity index (χ1) is 7.57. The summed E-state index contributed by atoms with van der Waals surface area (Å²) in [6, 6.07) is 6.35. The maximum atomic E-state index is 13.1. The number of aliphatic hydroxyl groups excluding tert-OH is 1. The summed E-state index contributed by atoms with van der Waals surface area (Å²) in [5, 5.41) is 13.7. The first-order valence-corrected chi connectivity index (χ1v) is 5.79. The standard InChI is InChI=1S/C13H16FNO.ClH/c1-13-6-9(7-13)11(15-13)12(16)8-3-2-4-10(14)5-8;/h2-5,9,11-12,15-16H,6-7H2,1H3;1H/t9?,11-,12-,13?;/m0./s1. The van der Waals surface area contributed by atoms with Crippen molar-refractivity contribution in [3.05, 3.63) is 35.6 Å². The van der Waals surface area contributed by atoms with Crippen molar-refractivity contribution in [2.45, 2.75) is 37.5 Å². The topological polar surface area (TPSA) is 32.3 Å². The van der Waals surface area contributed by atoms with E-state index in [1.54, 1.807) is 12.1 Å². The van der Waals surface area contributed by atoms with Crippen LogP contribution in [0.1, 0.15) is 31.4 Å². The number of halogens is 2. The van der Waals surface area contributed by atoms with Crippen LogP contribution >= 0.6 is 12.4 Å². The molecule has 1 aromatic carbocycles. The molecule has 2 N–H and O–H groups in total. The van der Waals surface area contributed by atoms with Crippen LogP contribution in [0, 0.1) is 11.7 Å². The molecule has 0 spiro atoms. The second-order valence-corrected chi connectivity index (χ2v) is 5.40. The second kappa shape index (κ2) is 4.23. The van der Waals surface area contributed by atoms with Crippen LogP contribution in [0.25, 0.3) is 0 Å². The van der Waals surface area contributed by atoms with Gasteiger partial charge in [-0.05, 0) is 43.4 Å². The summed E-state index contributed by atoms with van der Waals surface area (Å²) >= 11 is 0. The third kappa shape index (κ3) is 2.07. The molecule has 4 heteroatoms. The van der Waals surface area contributed by atoms with Crippen LogP contribution in [0.3, 0.4) is 0 Å². The van der Waals surface area contributed by atoms with E-state index in [9.17, 15) is 9.50 Å². The van der Waals surface area contributed by atoms with Crippen LogP contribution in [0.4, 0.5) is 4.39 Å². The second-order valence-electron chi connectivity index (χ2n) is 5.40. The molecular weight excluding hydrogens is 241 g/mol. The lowest BCUT2D eigenvalue weighted by Crippen LogP contribution is -2.40. The van der Waals surface area contributed by atoms with E-state index >= 15 is 0 Å². The van der Waals surface area contributed by atoms with Gasteiger partial charge in [0, 0.05) is 11.6 Å². The Bertz CT molecular complexity index is 420. The molecule has 2 heterocycles. The predicted molar refractivity (Wildman–Crippen MR) is 66.7 cm³/mol. The lowest BCUT2D eigenvalue weighted by atomic mass is 9.72. The molecule has 2 saturated heterocycles. The highest BCUT2D eigenvalue weighted by Crippen LogP contribution is 2.50. The summed E-state index contributed by atoms with van der Waals surface area (Å²) in [5.41, 5.74) is 0.887. The Labute approximate surface area is 107 Å². The van der Waals surface area contributed by atoms with Crippen LogP contribution in [0.15, 0.2) is 24.3 Å². The van der Waals surface area contributed by atoms with Crippen LogP contribution in [0.5, 0.6) is 0 Å². The zero-order valence-electron chi connectivity index (χ0n) is 9.69. The van der Waals surface area contributed by atoms with Crippen molar-refractivity contribution in [1.82, 2.24) is 5.32 Å². The first kappa shape index (κ1) is 12.8. The van der Waals surface area contributed by atoms with E-state index in [1.165, 1.54) is 12.1 Å². The Morgan fingerprint density at radius 2 is 2.18 bits per heavy atom. The molecule has 0 aromatic heterocycles. The fraction of sp³-hybridized carbons (Fsp3) is 0.538. The van der Waals surface area contributed by atoms with Gasteiger partial charge in [0.05, 0.1) is 6.10 Å². The predicted octanol–water partition coefficient (Wildman–Crippen LogP) is 2.42. The Balaban J connectivity index is 0.00000108. The maximum Gasteiger partial charge on any atom is 0.123 e. The summed E-state index contributed by atoms with van der Waals surface area (Å²) in [6.07, 6.45) is 1.67. The molecule has 3 aliphatic rings. The molecule has 3 fully saturated rings. The fourth-order valence-corrected chi connectivity index (χ4v) is 3.22. The lowest BCUT2D eigenvalue weighted by molar-refractivity contribution is 0.121. The van der Waals surface area contributed by atoms with Gasteiger partial charge in [-0.2, -0.15) is 0 Å². The van der Waals surface area contributed by atoms with E-state index in [0.717, 1.165) is 12.8 Å². The summed E-state index contributed by atoms with van der Waals surface area (Å²) < 4.78 is 13.1. The first-order valence-electron chi connectivity index (χ1n) is 5.79. The van der Waals surface area contributed by atoms with E-state index in [0.29, 0.717) is 11.5 Å². The van der Waals surface area contributed by atoms with Crippen molar-refractivity contribution in [2.75, 3.05) is 0 Å². The number of benzene rings is 1. The van der Waals surface area contributed by atoms with Crippen molar-refractivity contribution >= 4 is 12.4 Å². The van der Waals surface area contributed by atoms with E-state index < -0.39 is 6.10 Å². The van der Waals surface area contributed by atoms with Crippen molar-refractivity contribution in [1.29, 1.82) is 0 Å². The third-order valence-electron chi connectivity index (χ3n) is 3.98. The summed E-state index contributed by atoms with van der Waals surface area (Å²) in [4.78, 5) is 0. The van der Waals surface area contributed by atoms with Crippen LogP contribution < -0.4 is 5.32 Å². The molecule has 2 atom stereocenters. The number of fused-ring (bicyclic) bond motifs is 1. The molecule has 0 radical (unpaired) electrons. The largest absolute Gasteiger partial charge is 0.387 e. The van der Waals surface area contributed by atoms with E-state index in [2.05, 4.69) is 12.2 Å². The average molecular weight is 258 g/mol. The number of hydrogen-bond acceptors (Lipinski definition) is 2. The van der Waals surface area contributed by atoms with Gasteiger partial charge in [0.1, 0.15) is 5.82 Å². The van der Waals surface area contributed by atoms with Gasteiger partial charge in [0.25, 0.3) is 0 Å². The van der Waals surface area contributed by atoms with Gasteiger partial charge in [-0.3, -0.25) is 0 Å². The third-order valence-corrected chi connectivity index (χ3v) is 3.98. The molecule has 2 nitrogen and oxygen atoms in total. The average Bonchev–Trinajstić information content (AvgIpc) is 2.70. The zero-order valence-corrected chi connectivity index (χ0v) is 10.5. The van der Waals surface area contributed by atoms with E-state index in [1.807, 2.05) is 0 Å². The van der Waals surface area contributed by atoms with Crippen molar-refractivity contribution < 1.29 is 9.50 Å². The summed E-state index contributed by atoms with van der Waals surface area (Å²) in [5.74, 6) is 0.261. The number of aliphatic hydroxyl groups is 1. The molecule has 2 aliphatic heterocycles. The molecule has 4 rings (SSSR count). The SMILES string of the molecule is CC12CC(C1)[C@@H]([C@@H](O)c1cccc(F)c1)N2.Cl. The van der Waals surface area contributed by atoms with E-state index in [4.69, 9.17) is 0 Å². The van der Waals surface area contributed by atoms with Gasteiger partial charge in [-0.25, -0.2) is 4.39 Å². The lowest BCUT2D eigenvalue weighted by Gasteiger charge is -2.33. The van der Waals surface area contributed by atoms with E-state index in [-0.39, 0.29) is 29.8 Å². The van der Waals surface area contributed by atoms with Crippen molar-refractivity contribution in [3.63, 3.8) is 0 Å². The molecule has 1 aliphatic carbocycles. The minimum atomic E-state index is -0.593. The zero-order chi connectivity index (χ0) is 11.3. The minimum Gasteiger partial charge on any atom is -0.387 e. The Morgan fingerprint density at radius 1 is 1.47 bits per heavy atom. The smallest absolute Gasteiger partial charge is 0.123 e. The monoisotopic (exact) mass is 257 g/mol. The van der Waals surface area contributed by atoms with Crippen molar-refractivity contribution in [3.8, 4) is 0 Å². The minimum absolute atomic E-state index is 0. The van der Waals surface area contributed by atoms with Gasteiger partial charge >= 0.3 is 0 Å². The number of hydrogen-bond donors (Lipinski definition) is 2. The summed E-state index contributed by atoms with van der Waals surface area (Å²) in [6.45, 7) is 2.18. The van der Waals surface area contributed by atoms with Gasteiger partial charge in [0.15, 0.2) is 0 Å². The van der Waals surface area contributed by atoms with Crippen LogP contribution in [-0.2, 0) is 0 Å². The quantitative estimate of drug-likeness (QED) is 0.853. The van der Waals surface area contributed by atoms with Crippen molar-refractivity contribution in [2.24, 2.45) is 5.92 Å². The molecule has 1 saturated carbocycles. The Kier molecular flexibility index (Phi) is 3.19. The highest BCUT2D eigenvalue weighted by molar-refractivity contribution is 5.85.